The van der Waals surface area contributed by atoms with Crippen LogP contribution in [0.25, 0.3) is 0 Å². The van der Waals surface area contributed by atoms with E-state index < -0.39 is 47.6 Å². The molecule has 3 aliphatic heterocycles. The third-order valence-electron chi connectivity index (χ3n) is 13.0. The van der Waals surface area contributed by atoms with Crippen molar-refractivity contribution >= 4 is 52.2 Å². The zero-order valence-corrected chi connectivity index (χ0v) is 34.0. The van der Waals surface area contributed by atoms with E-state index in [2.05, 4.69) is 46.8 Å². The van der Waals surface area contributed by atoms with Gasteiger partial charge in [0.25, 0.3) is 0 Å². The van der Waals surface area contributed by atoms with Gasteiger partial charge in [-0.1, -0.05) is 67.4 Å². The number of fused-ring (bicyclic) bond motifs is 5. The van der Waals surface area contributed by atoms with Gasteiger partial charge in [-0.25, -0.2) is 0 Å². The van der Waals surface area contributed by atoms with Gasteiger partial charge < -0.3 is 19.7 Å². The lowest BCUT2D eigenvalue weighted by molar-refractivity contribution is -0.225. The number of carbonyl (C=O) groups excluding carboxylic acids is 2. The Hall–Kier alpha value is -3.00. The second-order valence-electron chi connectivity index (χ2n) is 16.3. The molecule has 0 amide bonds. The molecule has 1 aromatic heterocycles. The topological polar surface area (TPSA) is 121 Å². The molecule has 2 fully saturated rings. The lowest BCUT2D eigenvalue weighted by atomic mass is 9.55. The first kappa shape index (κ1) is 38.9. The number of hydrogen-bond donors (Lipinski definition) is 3. The molecule has 0 radical (unpaired) electrons. The highest BCUT2D eigenvalue weighted by molar-refractivity contribution is 7.10. The van der Waals surface area contributed by atoms with Crippen LogP contribution in [0.1, 0.15) is 74.6 Å². The van der Waals surface area contributed by atoms with Crippen LogP contribution in [0.3, 0.4) is 0 Å². The van der Waals surface area contributed by atoms with Crippen molar-refractivity contribution in [2.75, 3.05) is 25.2 Å². The summed E-state index contributed by atoms with van der Waals surface area (Å²) in [6.07, 6.45) is 1.45. The van der Waals surface area contributed by atoms with Crippen molar-refractivity contribution in [2.45, 2.75) is 95.1 Å². The molecule has 2 aromatic carbocycles. The quantitative estimate of drug-likeness (QED) is 0.174. The van der Waals surface area contributed by atoms with Crippen molar-refractivity contribution in [3.8, 4) is 0 Å². The number of para-hydroxylation sites is 1. The van der Waals surface area contributed by atoms with Gasteiger partial charge in [0.1, 0.15) is 17.2 Å². The number of hydroxylamine groups is 1. The van der Waals surface area contributed by atoms with E-state index in [0.29, 0.717) is 27.7 Å². The fourth-order valence-electron chi connectivity index (χ4n) is 10.3. The molecule has 3 N–H and O–H groups in total. The highest BCUT2D eigenvalue weighted by Crippen LogP contribution is 2.54. The number of nitrogens with one attached hydrogen (secondary N) is 1. The van der Waals surface area contributed by atoms with Gasteiger partial charge in [-0.05, 0) is 90.3 Å². The number of ether oxygens (including phenoxy) is 2. The molecule has 294 valence electrons. The number of hydrogen-bond acceptors (Lipinski definition) is 11. The molecule has 0 spiro atoms. The minimum absolute atomic E-state index is 0.0451. The van der Waals surface area contributed by atoms with Crippen molar-refractivity contribution in [3.05, 3.63) is 97.2 Å². The summed E-state index contributed by atoms with van der Waals surface area (Å²) in [6.45, 7) is 9.15. The SMILES string of the molecule is CC(=O)O[C@@H]1C(C)=C[C@@H]2[C@H](C(C)CN3CCc4sccc4C3c3ccc(Cl)cc3)CC[C@@H](C)[C@]2(O)[C@H]1OC(=O)[C@@H]1C[C@@]2(O)c3cccc(Cl)c3N(C)O[C@H]2N1. The van der Waals surface area contributed by atoms with E-state index in [9.17, 15) is 19.8 Å². The van der Waals surface area contributed by atoms with Gasteiger partial charge in [0.2, 0.25) is 0 Å². The van der Waals surface area contributed by atoms with Gasteiger partial charge in [-0.3, -0.25) is 29.7 Å². The van der Waals surface area contributed by atoms with Crippen LogP contribution in [0.4, 0.5) is 5.69 Å². The Morgan fingerprint density at radius 2 is 1.87 bits per heavy atom. The monoisotopic (exact) mass is 809 g/mol. The van der Waals surface area contributed by atoms with E-state index in [1.807, 2.05) is 37.3 Å². The summed E-state index contributed by atoms with van der Waals surface area (Å²) in [4.78, 5) is 36.8. The van der Waals surface area contributed by atoms with E-state index in [1.165, 1.54) is 28.0 Å². The maximum atomic E-state index is 14.3. The molecule has 10 nitrogen and oxygen atoms in total. The molecule has 1 saturated heterocycles. The number of benzene rings is 2. The normalized spacial score (nSPS) is 34.8. The molecule has 13 heteroatoms. The highest BCUT2D eigenvalue weighted by Gasteiger charge is 2.62. The summed E-state index contributed by atoms with van der Waals surface area (Å²) in [7, 11) is 1.69. The van der Waals surface area contributed by atoms with Gasteiger partial charge in [0, 0.05) is 54.9 Å². The number of rotatable bonds is 7. The molecule has 3 aromatic rings. The molecule has 2 unspecified atom stereocenters. The molecule has 4 heterocycles. The number of nitrogens with zero attached hydrogens (tertiary/aromatic N) is 2. The number of halogens is 2. The lowest BCUT2D eigenvalue weighted by Gasteiger charge is -2.56. The molecule has 1 saturated carbocycles. The number of esters is 2. The average molecular weight is 811 g/mol. The van der Waals surface area contributed by atoms with Gasteiger partial charge in [-0.15, -0.1) is 11.3 Å². The van der Waals surface area contributed by atoms with Gasteiger partial charge in [-0.2, -0.15) is 0 Å². The van der Waals surface area contributed by atoms with Crippen LogP contribution < -0.4 is 10.4 Å². The summed E-state index contributed by atoms with van der Waals surface area (Å²) in [5.41, 5.74) is 1.21. The standard InChI is InChI=1S/C42H49Cl2N3O7S/c1-22-19-31-28(23(2)21-47-17-15-34-29(16-18-55-34)35(47)26-10-12-27(43)13-11-26)14-9-24(3)42(31,51)38(37(22)52-25(4)48)53-39(49)33-20-41(50)30-7-6-8-32(44)36(30)46(5)54-40(41)45-33/h6-8,10-13,16,18-19,23-24,28,31,33,35,37-38,40,45,50-51H,9,14-15,17,20-21H2,1-5H3/t23?,24-,28+,31-,33+,35?,37-,38+,40-,41-,42-/m1/s1. The first-order valence-electron chi connectivity index (χ1n) is 19.2. The first-order chi connectivity index (χ1) is 26.2. The zero-order valence-electron chi connectivity index (χ0n) is 31.7. The number of thiophene rings is 1. The van der Waals surface area contributed by atoms with Crippen LogP contribution in [0.15, 0.2) is 65.6 Å². The van der Waals surface area contributed by atoms with Gasteiger partial charge in [0.15, 0.2) is 18.4 Å². The van der Waals surface area contributed by atoms with E-state index in [4.69, 9.17) is 37.5 Å². The van der Waals surface area contributed by atoms with Crippen molar-refractivity contribution in [1.29, 1.82) is 0 Å². The van der Waals surface area contributed by atoms with E-state index >= 15 is 0 Å². The summed E-state index contributed by atoms with van der Waals surface area (Å²) >= 11 is 14.6. The van der Waals surface area contributed by atoms with Crippen molar-refractivity contribution < 1.29 is 34.1 Å². The number of carbonyl (C=O) groups is 2. The number of aliphatic hydroxyl groups is 2. The van der Waals surface area contributed by atoms with Crippen LogP contribution in [0.5, 0.6) is 0 Å². The van der Waals surface area contributed by atoms with E-state index in [1.54, 1.807) is 25.2 Å². The molecule has 55 heavy (non-hydrogen) atoms. The molecular formula is C42H49Cl2N3O7S. The second kappa shape index (κ2) is 14.7. The molecule has 11 atom stereocenters. The zero-order chi connectivity index (χ0) is 39.0. The van der Waals surface area contributed by atoms with Crippen LogP contribution >= 0.6 is 34.5 Å². The predicted octanol–water partition coefficient (Wildman–Crippen LogP) is 6.79. The van der Waals surface area contributed by atoms with Crippen LogP contribution in [0, 0.1) is 23.7 Å². The van der Waals surface area contributed by atoms with Gasteiger partial charge >= 0.3 is 11.9 Å². The Morgan fingerprint density at radius 1 is 1.11 bits per heavy atom. The Labute approximate surface area is 336 Å². The van der Waals surface area contributed by atoms with Crippen LogP contribution in [-0.4, -0.2) is 77.3 Å². The molecule has 5 aliphatic rings. The fourth-order valence-corrected chi connectivity index (χ4v) is 11.6. The lowest BCUT2D eigenvalue weighted by Crippen LogP contribution is -2.66. The maximum absolute atomic E-state index is 14.3. The smallest absolute Gasteiger partial charge is 0.323 e. The summed E-state index contributed by atoms with van der Waals surface area (Å²) < 4.78 is 12.3. The summed E-state index contributed by atoms with van der Waals surface area (Å²) in [5.74, 6) is -1.66. The minimum Gasteiger partial charge on any atom is -0.454 e. The Bertz CT molecular complexity index is 1990. The Morgan fingerprint density at radius 3 is 2.62 bits per heavy atom. The highest BCUT2D eigenvalue weighted by atomic mass is 35.5. The third kappa shape index (κ3) is 6.62. The molecule has 8 rings (SSSR count). The summed E-state index contributed by atoms with van der Waals surface area (Å²) in [6, 6.07) is 14.7. The van der Waals surface area contributed by atoms with Crippen molar-refractivity contribution in [1.82, 2.24) is 10.2 Å². The Balaban J connectivity index is 1.07. The maximum Gasteiger partial charge on any atom is 0.323 e. The molecule has 2 aliphatic carbocycles. The molecular weight excluding hydrogens is 761 g/mol. The van der Waals surface area contributed by atoms with Crippen LogP contribution in [0.2, 0.25) is 10.0 Å². The van der Waals surface area contributed by atoms with E-state index in [0.717, 1.165) is 31.5 Å². The second-order valence-corrected chi connectivity index (χ2v) is 18.1. The largest absolute Gasteiger partial charge is 0.454 e. The first-order valence-corrected chi connectivity index (χ1v) is 20.9. The predicted molar refractivity (Wildman–Crippen MR) is 212 cm³/mol. The van der Waals surface area contributed by atoms with Gasteiger partial charge in [0.05, 0.1) is 16.8 Å². The molecule has 0 bridgehead atoms. The van der Waals surface area contributed by atoms with Crippen molar-refractivity contribution in [2.24, 2.45) is 23.7 Å². The van der Waals surface area contributed by atoms with E-state index in [-0.39, 0.29) is 36.1 Å². The summed E-state index contributed by atoms with van der Waals surface area (Å²) in [5, 5.41) is 33.0. The van der Waals surface area contributed by atoms with Crippen molar-refractivity contribution in [3.63, 3.8) is 0 Å². The van der Waals surface area contributed by atoms with Crippen LogP contribution in [-0.2, 0) is 35.9 Å². The third-order valence-corrected chi connectivity index (χ3v) is 14.6. The minimum atomic E-state index is -1.58. The fraction of sp³-hybridized carbons (Fsp3) is 0.524. The number of anilines is 1. The average Bonchev–Trinajstić information content (AvgIpc) is 3.76. The Kier molecular flexibility index (Phi) is 10.4.